The number of aromatic hydroxyl groups is 1. The van der Waals surface area contributed by atoms with E-state index in [1.165, 1.54) is 12.8 Å². The monoisotopic (exact) mass is 346 g/mol. The van der Waals surface area contributed by atoms with Crippen LogP contribution < -0.4 is 0 Å². The maximum atomic E-state index is 12.7. The van der Waals surface area contributed by atoms with Crippen LogP contribution in [0.3, 0.4) is 0 Å². The molecule has 0 unspecified atom stereocenters. The Morgan fingerprint density at radius 1 is 1.16 bits per heavy atom. The van der Waals surface area contributed by atoms with Crippen LogP contribution in [0.4, 0.5) is 0 Å². The number of phenolic OH excluding ortho intramolecular Hbond substituents is 1. The van der Waals surface area contributed by atoms with Gasteiger partial charge in [0, 0.05) is 26.2 Å². The highest BCUT2D eigenvalue weighted by molar-refractivity contribution is 5.78. The Morgan fingerprint density at radius 3 is 2.52 bits per heavy atom. The minimum atomic E-state index is -0.202. The molecule has 138 valence electrons. The summed E-state index contributed by atoms with van der Waals surface area (Å²) in [7, 11) is 1.90. The summed E-state index contributed by atoms with van der Waals surface area (Å²) in [5, 5.41) is 19.5. The van der Waals surface area contributed by atoms with Gasteiger partial charge in [-0.2, -0.15) is 0 Å². The van der Waals surface area contributed by atoms with E-state index in [4.69, 9.17) is 0 Å². The van der Waals surface area contributed by atoms with Crippen molar-refractivity contribution in [1.82, 2.24) is 9.80 Å². The first-order valence-corrected chi connectivity index (χ1v) is 9.45. The SMILES string of the molecule is CN(CC1CC1)C(=O)CN(Cc1cccc(O)c1)C1CCC(O)CC1. The minimum absolute atomic E-state index is 0.165. The summed E-state index contributed by atoms with van der Waals surface area (Å²) in [4.78, 5) is 16.8. The number of likely N-dealkylation sites (N-methyl/N-ethyl adjacent to an activating group) is 1. The summed E-state index contributed by atoms with van der Waals surface area (Å²) >= 11 is 0. The lowest BCUT2D eigenvalue weighted by molar-refractivity contribution is -0.132. The summed E-state index contributed by atoms with van der Waals surface area (Å²) in [6.45, 7) is 1.92. The molecule has 0 aliphatic heterocycles. The average molecular weight is 346 g/mol. The molecule has 25 heavy (non-hydrogen) atoms. The number of rotatable bonds is 7. The van der Waals surface area contributed by atoms with Gasteiger partial charge in [0.15, 0.2) is 0 Å². The molecule has 0 radical (unpaired) electrons. The van der Waals surface area contributed by atoms with Crippen LogP contribution in [0, 0.1) is 5.92 Å². The van der Waals surface area contributed by atoms with Crippen molar-refractivity contribution in [1.29, 1.82) is 0 Å². The maximum absolute atomic E-state index is 12.7. The third kappa shape index (κ3) is 5.44. The van der Waals surface area contributed by atoms with Crippen molar-refractivity contribution >= 4 is 5.91 Å². The third-order valence-electron chi connectivity index (χ3n) is 5.47. The molecule has 2 fully saturated rings. The molecule has 1 aromatic rings. The summed E-state index contributed by atoms with van der Waals surface area (Å²) in [5.74, 6) is 1.12. The van der Waals surface area contributed by atoms with Gasteiger partial charge in [-0.3, -0.25) is 9.69 Å². The van der Waals surface area contributed by atoms with Gasteiger partial charge in [0.2, 0.25) is 5.91 Å². The second kappa shape index (κ2) is 8.19. The lowest BCUT2D eigenvalue weighted by Crippen LogP contribution is -2.45. The fourth-order valence-corrected chi connectivity index (χ4v) is 3.71. The predicted molar refractivity (Wildman–Crippen MR) is 97.1 cm³/mol. The molecule has 0 spiro atoms. The summed E-state index contributed by atoms with van der Waals surface area (Å²) in [5.41, 5.74) is 1.02. The van der Waals surface area contributed by atoms with E-state index in [1.807, 2.05) is 24.1 Å². The van der Waals surface area contributed by atoms with Crippen molar-refractivity contribution in [2.45, 2.75) is 57.2 Å². The van der Waals surface area contributed by atoms with Crippen LogP contribution in [0.5, 0.6) is 5.75 Å². The third-order valence-corrected chi connectivity index (χ3v) is 5.47. The van der Waals surface area contributed by atoms with Gasteiger partial charge in [-0.25, -0.2) is 0 Å². The van der Waals surface area contributed by atoms with E-state index in [1.54, 1.807) is 12.1 Å². The summed E-state index contributed by atoms with van der Waals surface area (Å²) in [6.07, 6.45) is 5.71. The maximum Gasteiger partial charge on any atom is 0.236 e. The van der Waals surface area contributed by atoms with Crippen molar-refractivity contribution in [2.24, 2.45) is 5.92 Å². The quantitative estimate of drug-likeness (QED) is 0.796. The van der Waals surface area contributed by atoms with Crippen LogP contribution in [0.25, 0.3) is 0 Å². The molecule has 1 aromatic carbocycles. The number of nitrogens with zero attached hydrogens (tertiary/aromatic N) is 2. The van der Waals surface area contributed by atoms with Crippen molar-refractivity contribution in [3.8, 4) is 5.75 Å². The highest BCUT2D eigenvalue weighted by atomic mass is 16.3. The van der Waals surface area contributed by atoms with Gasteiger partial charge < -0.3 is 15.1 Å². The van der Waals surface area contributed by atoms with Crippen molar-refractivity contribution in [2.75, 3.05) is 20.1 Å². The largest absolute Gasteiger partial charge is 0.508 e. The number of benzene rings is 1. The summed E-state index contributed by atoms with van der Waals surface area (Å²) < 4.78 is 0. The number of hydrogen-bond acceptors (Lipinski definition) is 4. The number of carbonyl (C=O) groups is 1. The molecule has 2 aliphatic carbocycles. The molecule has 2 aliphatic rings. The number of hydrogen-bond donors (Lipinski definition) is 2. The van der Waals surface area contributed by atoms with Crippen molar-refractivity contribution in [3.63, 3.8) is 0 Å². The molecule has 3 rings (SSSR count). The van der Waals surface area contributed by atoms with Gasteiger partial charge in [0.25, 0.3) is 0 Å². The topological polar surface area (TPSA) is 64.0 Å². The Labute approximate surface area is 150 Å². The van der Waals surface area contributed by atoms with E-state index in [0.29, 0.717) is 25.0 Å². The highest BCUT2D eigenvalue weighted by Gasteiger charge is 2.29. The first-order valence-electron chi connectivity index (χ1n) is 9.45. The molecule has 1 amide bonds. The Balaban J connectivity index is 1.65. The molecular weight excluding hydrogens is 316 g/mol. The van der Waals surface area contributed by atoms with Crippen LogP contribution in [-0.2, 0) is 11.3 Å². The lowest BCUT2D eigenvalue weighted by Gasteiger charge is -2.36. The Kier molecular flexibility index (Phi) is 5.97. The van der Waals surface area contributed by atoms with Crippen LogP contribution in [0.1, 0.15) is 44.1 Å². The Morgan fingerprint density at radius 2 is 1.88 bits per heavy atom. The molecule has 0 heterocycles. The molecule has 2 saturated carbocycles. The zero-order chi connectivity index (χ0) is 17.8. The van der Waals surface area contributed by atoms with Crippen molar-refractivity contribution in [3.05, 3.63) is 29.8 Å². The van der Waals surface area contributed by atoms with E-state index in [9.17, 15) is 15.0 Å². The molecule has 0 atom stereocenters. The van der Waals surface area contributed by atoms with Gasteiger partial charge in [0.05, 0.1) is 12.6 Å². The predicted octanol–water partition coefficient (Wildman–Crippen LogP) is 2.37. The standard InChI is InChI=1S/C20H30N2O3/c1-21(12-15-5-6-15)20(25)14-22(17-7-9-18(23)10-8-17)13-16-3-2-4-19(24)11-16/h2-4,11,15,17-18,23-24H,5-10,12-14H2,1H3. The fraction of sp³-hybridized carbons (Fsp3) is 0.650. The van der Waals surface area contributed by atoms with Gasteiger partial charge in [-0.15, -0.1) is 0 Å². The number of carbonyl (C=O) groups excluding carboxylic acids is 1. The first-order chi connectivity index (χ1) is 12.0. The van der Waals surface area contributed by atoms with E-state index in [-0.39, 0.29) is 17.8 Å². The lowest BCUT2D eigenvalue weighted by atomic mass is 9.91. The molecule has 5 heteroatoms. The second-order valence-corrected chi connectivity index (χ2v) is 7.75. The van der Waals surface area contributed by atoms with Gasteiger partial charge >= 0.3 is 0 Å². The van der Waals surface area contributed by atoms with Crippen LogP contribution in [-0.4, -0.2) is 58.2 Å². The molecular formula is C20H30N2O3. The molecule has 0 saturated heterocycles. The van der Waals surface area contributed by atoms with Gasteiger partial charge in [-0.1, -0.05) is 12.1 Å². The van der Waals surface area contributed by atoms with Crippen LogP contribution in [0.2, 0.25) is 0 Å². The van der Waals surface area contributed by atoms with E-state index >= 15 is 0 Å². The number of aliphatic hydroxyl groups is 1. The average Bonchev–Trinajstić information content (AvgIpc) is 3.39. The first kappa shape index (κ1) is 18.2. The zero-order valence-corrected chi connectivity index (χ0v) is 15.1. The fourth-order valence-electron chi connectivity index (χ4n) is 3.71. The molecule has 0 aromatic heterocycles. The van der Waals surface area contributed by atoms with Crippen LogP contribution >= 0.6 is 0 Å². The number of aliphatic hydroxyl groups excluding tert-OH is 1. The molecule has 2 N–H and O–H groups in total. The molecule has 0 bridgehead atoms. The number of amides is 1. The smallest absolute Gasteiger partial charge is 0.236 e. The summed E-state index contributed by atoms with van der Waals surface area (Å²) in [6, 6.07) is 7.57. The van der Waals surface area contributed by atoms with E-state index in [2.05, 4.69) is 4.90 Å². The normalized spacial score (nSPS) is 23.6. The zero-order valence-electron chi connectivity index (χ0n) is 15.1. The Hall–Kier alpha value is -1.59. The van der Waals surface area contributed by atoms with E-state index < -0.39 is 0 Å². The van der Waals surface area contributed by atoms with Crippen molar-refractivity contribution < 1.29 is 15.0 Å². The van der Waals surface area contributed by atoms with Gasteiger partial charge in [-0.05, 0) is 62.1 Å². The number of phenols is 1. The Bertz CT molecular complexity index is 580. The van der Waals surface area contributed by atoms with Gasteiger partial charge in [0.1, 0.15) is 5.75 Å². The highest BCUT2D eigenvalue weighted by Crippen LogP contribution is 2.30. The van der Waals surface area contributed by atoms with E-state index in [0.717, 1.165) is 37.8 Å². The van der Waals surface area contributed by atoms with Crippen LogP contribution in [0.15, 0.2) is 24.3 Å². The minimum Gasteiger partial charge on any atom is -0.508 e. The second-order valence-electron chi connectivity index (χ2n) is 7.75. The molecule has 5 nitrogen and oxygen atoms in total.